The van der Waals surface area contributed by atoms with Gasteiger partial charge in [-0.2, -0.15) is 0 Å². The third-order valence-corrected chi connectivity index (χ3v) is 3.34. The van der Waals surface area contributed by atoms with Crippen molar-refractivity contribution >= 4 is 31.9 Å². The Morgan fingerprint density at radius 1 is 1.47 bits per heavy atom. The predicted octanol–water partition coefficient (Wildman–Crippen LogP) is 0.456. The molecule has 0 heterocycles. The maximum Gasteiger partial charge on any atom is 0.252 e. The van der Waals surface area contributed by atoms with Crippen LogP contribution in [0.1, 0.15) is 10.4 Å². The Morgan fingerprint density at radius 3 is 2.53 bits per heavy atom. The van der Waals surface area contributed by atoms with Crippen molar-refractivity contribution in [3.8, 4) is 0 Å². The van der Waals surface area contributed by atoms with E-state index in [0.29, 0.717) is 4.47 Å². The molecule has 1 rings (SSSR count). The predicted molar refractivity (Wildman–Crippen MR) is 58.9 cm³/mol. The van der Waals surface area contributed by atoms with Crippen LogP contribution >= 0.6 is 15.9 Å². The zero-order valence-electron chi connectivity index (χ0n) is 7.82. The lowest BCUT2D eigenvalue weighted by Gasteiger charge is -2.05. The molecular weight excluding hydrogens is 284 g/mol. The number of carbonyl (C=O) groups is 1. The second-order valence-electron chi connectivity index (χ2n) is 2.77. The van der Waals surface area contributed by atoms with Crippen LogP contribution in [0.4, 0.5) is 0 Å². The van der Waals surface area contributed by atoms with Crippen LogP contribution in [-0.2, 0) is 10.0 Å². The Bertz CT molecular complexity index is 499. The van der Waals surface area contributed by atoms with E-state index in [0.717, 1.165) is 0 Å². The van der Waals surface area contributed by atoms with E-state index in [9.17, 15) is 13.2 Å². The molecule has 3 N–H and O–H groups in total. The number of amides is 1. The van der Waals surface area contributed by atoms with E-state index in [1.54, 1.807) is 0 Å². The van der Waals surface area contributed by atoms with Crippen molar-refractivity contribution in [1.29, 1.82) is 0 Å². The van der Waals surface area contributed by atoms with Crippen molar-refractivity contribution in [2.45, 2.75) is 4.90 Å². The van der Waals surface area contributed by atoms with Gasteiger partial charge in [0.05, 0.1) is 10.5 Å². The molecule has 0 saturated heterocycles. The minimum absolute atomic E-state index is 0.0932. The molecule has 0 aliphatic rings. The van der Waals surface area contributed by atoms with E-state index >= 15 is 0 Å². The summed E-state index contributed by atoms with van der Waals surface area (Å²) in [5.74, 6) is -0.382. The Morgan fingerprint density at radius 2 is 2.07 bits per heavy atom. The molecule has 1 aromatic rings. The SMILES string of the molecule is CNC(=O)c1cc(S(N)(=O)=O)ccc1Br. The number of nitrogens with one attached hydrogen (secondary N) is 1. The zero-order chi connectivity index (χ0) is 11.6. The van der Waals surface area contributed by atoms with Gasteiger partial charge in [-0.3, -0.25) is 4.79 Å². The lowest BCUT2D eigenvalue weighted by atomic mass is 10.2. The van der Waals surface area contributed by atoms with Crippen molar-refractivity contribution in [2.75, 3.05) is 7.05 Å². The molecular formula is C8H9BrN2O3S. The quantitative estimate of drug-likeness (QED) is 0.830. The molecule has 1 aromatic carbocycles. The van der Waals surface area contributed by atoms with E-state index in [1.807, 2.05) is 0 Å². The van der Waals surface area contributed by atoms with Gasteiger partial charge in [0.15, 0.2) is 0 Å². The van der Waals surface area contributed by atoms with Gasteiger partial charge in [-0.05, 0) is 34.1 Å². The summed E-state index contributed by atoms with van der Waals surface area (Å²) in [5.41, 5.74) is 0.226. The minimum atomic E-state index is -3.78. The molecule has 82 valence electrons. The highest BCUT2D eigenvalue weighted by molar-refractivity contribution is 9.10. The summed E-state index contributed by atoms with van der Waals surface area (Å²) in [7, 11) is -2.33. The number of benzene rings is 1. The topological polar surface area (TPSA) is 89.3 Å². The molecule has 0 aliphatic heterocycles. The lowest BCUT2D eigenvalue weighted by Crippen LogP contribution is -2.20. The molecule has 1 amide bonds. The van der Waals surface area contributed by atoms with Crippen molar-refractivity contribution < 1.29 is 13.2 Å². The Labute approximate surface area is 95.8 Å². The van der Waals surface area contributed by atoms with Crippen LogP contribution in [-0.4, -0.2) is 21.4 Å². The number of carbonyl (C=O) groups excluding carboxylic acids is 1. The number of nitrogens with two attached hydrogens (primary N) is 1. The van der Waals surface area contributed by atoms with E-state index in [-0.39, 0.29) is 16.4 Å². The first-order valence-electron chi connectivity index (χ1n) is 3.90. The van der Waals surface area contributed by atoms with Crippen LogP contribution in [0.5, 0.6) is 0 Å². The van der Waals surface area contributed by atoms with Gasteiger partial charge in [0.25, 0.3) is 5.91 Å². The highest BCUT2D eigenvalue weighted by atomic mass is 79.9. The van der Waals surface area contributed by atoms with Crippen molar-refractivity contribution in [3.05, 3.63) is 28.2 Å². The van der Waals surface area contributed by atoms with Crippen LogP contribution in [0.15, 0.2) is 27.6 Å². The summed E-state index contributed by atoms with van der Waals surface area (Å²) in [4.78, 5) is 11.2. The highest BCUT2D eigenvalue weighted by Crippen LogP contribution is 2.20. The number of primary sulfonamides is 1. The van der Waals surface area contributed by atoms with Gasteiger partial charge in [0.1, 0.15) is 0 Å². The molecule has 0 unspecified atom stereocenters. The van der Waals surface area contributed by atoms with Gasteiger partial charge in [0.2, 0.25) is 10.0 Å². The Kier molecular flexibility index (Phi) is 3.48. The molecule has 7 heteroatoms. The van der Waals surface area contributed by atoms with Crippen LogP contribution < -0.4 is 10.5 Å². The Balaban J connectivity index is 3.36. The fourth-order valence-electron chi connectivity index (χ4n) is 0.990. The van der Waals surface area contributed by atoms with Gasteiger partial charge in [0, 0.05) is 11.5 Å². The van der Waals surface area contributed by atoms with Crippen LogP contribution in [0.25, 0.3) is 0 Å². The van der Waals surface area contributed by atoms with Crippen LogP contribution in [0.2, 0.25) is 0 Å². The maximum absolute atomic E-state index is 11.3. The average Bonchev–Trinajstić information content (AvgIpc) is 2.15. The van der Waals surface area contributed by atoms with Crippen molar-refractivity contribution in [1.82, 2.24) is 5.32 Å². The van der Waals surface area contributed by atoms with Gasteiger partial charge >= 0.3 is 0 Å². The molecule has 0 bridgehead atoms. The summed E-state index contributed by atoms with van der Waals surface area (Å²) in [6.07, 6.45) is 0. The Hall–Kier alpha value is -0.920. The number of sulfonamides is 1. The molecule has 0 radical (unpaired) electrons. The van der Waals surface area contributed by atoms with E-state index in [2.05, 4.69) is 21.2 Å². The average molecular weight is 293 g/mol. The summed E-state index contributed by atoms with van der Waals surface area (Å²) >= 11 is 3.14. The molecule has 0 fully saturated rings. The second-order valence-corrected chi connectivity index (χ2v) is 5.18. The number of rotatable bonds is 2. The van der Waals surface area contributed by atoms with E-state index < -0.39 is 10.0 Å². The molecule has 0 aliphatic carbocycles. The summed E-state index contributed by atoms with van der Waals surface area (Å²) in [6.45, 7) is 0. The summed E-state index contributed by atoms with van der Waals surface area (Å²) < 4.78 is 22.6. The molecule has 15 heavy (non-hydrogen) atoms. The molecule has 0 aromatic heterocycles. The maximum atomic E-state index is 11.3. The molecule has 0 atom stereocenters. The van der Waals surface area contributed by atoms with Crippen LogP contribution in [0, 0.1) is 0 Å². The first-order valence-corrected chi connectivity index (χ1v) is 6.24. The van der Waals surface area contributed by atoms with Gasteiger partial charge in [-0.1, -0.05) is 0 Å². The lowest BCUT2D eigenvalue weighted by molar-refractivity contribution is 0.0962. The van der Waals surface area contributed by atoms with Gasteiger partial charge in [-0.25, -0.2) is 13.6 Å². The van der Waals surface area contributed by atoms with E-state index in [4.69, 9.17) is 5.14 Å². The largest absolute Gasteiger partial charge is 0.355 e. The standard InChI is InChI=1S/C8H9BrN2O3S/c1-11-8(12)6-4-5(15(10,13)14)2-3-7(6)9/h2-4H,1H3,(H,11,12)(H2,10,13,14). The van der Waals surface area contributed by atoms with Crippen LogP contribution in [0.3, 0.4) is 0 Å². The third kappa shape index (κ3) is 2.77. The smallest absolute Gasteiger partial charge is 0.252 e. The fraction of sp³-hybridized carbons (Fsp3) is 0.125. The normalized spacial score (nSPS) is 11.1. The van der Waals surface area contributed by atoms with Crippen molar-refractivity contribution in [3.63, 3.8) is 0 Å². The number of hydrogen-bond donors (Lipinski definition) is 2. The molecule has 0 spiro atoms. The molecule has 5 nitrogen and oxygen atoms in total. The van der Waals surface area contributed by atoms with Gasteiger partial charge in [-0.15, -0.1) is 0 Å². The minimum Gasteiger partial charge on any atom is -0.355 e. The third-order valence-electron chi connectivity index (χ3n) is 1.74. The summed E-state index contributed by atoms with van der Waals surface area (Å²) in [5, 5.41) is 7.34. The number of halogens is 1. The van der Waals surface area contributed by atoms with E-state index in [1.165, 1.54) is 25.2 Å². The fourth-order valence-corrected chi connectivity index (χ4v) is 1.96. The van der Waals surface area contributed by atoms with Gasteiger partial charge < -0.3 is 5.32 Å². The number of hydrogen-bond acceptors (Lipinski definition) is 3. The molecule has 0 saturated carbocycles. The first-order chi connectivity index (χ1) is 6.86. The highest BCUT2D eigenvalue weighted by Gasteiger charge is 2.14. The van der Waals surface area contributed by atoms with Crippen molar-refractivity contribution in [2.24, 2.45) is 5.14 Å². The summed E-state index contributed by atoms with van der Waals surface area (Å²) in [6, 6.07) is 4.01. The monoisotopic (exact) mass is 292 g/mol. The first kappa shape index (κ1) is 12.2. The zero-order valence-corrected chi connectivity index (χ0v) is 10.2. The second kappa shape index (κ2) is 4.30.